The molecule has 5 heteroatoms. The fourth-order valence-electron chi connectivity index (χ4n) is 2.40. The fraction of sp³-hybridized carbons (Fsp3) is 0.429. The largest absolute Gasteiger partial charge is 0.480 e. The lowest BCUT2D eigenvalue weighted by Crippen LogP contribution is -2.58. The predicted octanol–water partition coefficient (Wildman–Crippen LogP) is 0.975. The molecular formula is C14H18N2O3. The second-order valence-corrected chi connectivity index (χ2v) is 4.89. The van der Waals surface area contributed by atoms with Gasteiger partial charge in [0.25, 0.3) is 0 Å². The molecule has 2 unspecified atom stereocenters. The number of nitrogens with zero attached hydrogens (tertiary/aromatic N) is 2. The van der Waals surface area contributed by atoms with E-state index in [-0.39, 0.29) is 25.0 Å². The number of hydrogen-bond acceptors (Lipinski definition) is 3. The molecule has 1 heterocycles. The number of carbonyl (C=O) groups is 2. The van der Waals surface area contributed by atoms with Gasteiger partial charge in [-0.1, -0.05) is 30.3 Å². The van der Waals surface area contributed by atoms with Crippen molar-refractivity contribution in [1.29, 1.82) is 0 Å². The molecule has 1 saturated heterocycles. The summed E-state index contributed by atoms with van der Waals surface area (Å²) in [4.78, 5) is 26.4. The molecule has 0 radical (unpaired) electrons. The summed E-state index contributed by atoms with van der Waals surface area (Å²) in [6.45, 7) is 2.30. The zero-order valence-corrected chi connectivity index (χ0v) is 11.1. The Morgan fingerprint density at radius 2 is 2.00 bits per heavy atom. The van der Waals surface area contributed by atoms with Crippen molar-refractivity contribution in [2.75, 3.05) is 20.1 Å². The molecule has 1 fully saturated rings. The van der Waals surface area contributed by atoms with E-state index >= 15 is 0 Å². The predicted molar refractivity (Wildman–Crippen MR) is 70.6 cm³/mol. The zero-order chi connectivity index (χ0) is 14.0. The van der Waals surface area contributed by atoms with Crippen LogP contribution in [0.1, 0.15) is 18.5 Å². The second kappa shape index (κ2) is 5.40. The van der Waals surface area contributed by atoms with Crippen LogP contribution in [-0.4, -0.2) is 53.0 Å². The van der Waals surface area contributed by atoms with Crippen LogP contribution in [0.2, 0.25) is 0 Å². The number of hydrogen-bond donors (Lipinski definition) is 1. The average molecular weight is 262 g/mol. The van der Waals surface area contributed by atoms with Crippen LogP contribution in [0.3, 0.4) is 0 Å². The van der Waals surface area contributed by atoms with Crippen molar-refractivity contribution in [3.8, 4) is 0 Å². The Morgan fingerprint density at radius 1 is 1.37 bits per heavy atom. The standard InChI is InChI=1S/C14H18N2O3/c1-10(11-6-4-3-5-7-11)16-9-13(17)15(2)8-12(16)14(18)19/h3-7,10,12H,8-9H2,1-2H3,(H,18,19). The minimum Gasteiger partial charge on any atom is -0.480 e. The van der Waals surface area contributed by atoms with Gasteiger partial charge in [-0.25, -0.2) is 0 Å². The van der Waals surface area contributed by atoms with Crippen molar-refractivity contribution in [2.45, 2.75) is 19.0 Å². The van der Waals surface area contributed by atoms with E-state index in [1.807, 2.05) is 37.3 Å². The molecule has 1 aliphatic heterocycles. The lowest BCUT2D eigenvalue weighted by Gasteiger charge is -2.40. The summed E-state index contributed by atoms with van der Waals surface area (Å²) in [6, 6.07) is 8.90. The maximum atomic E-state index is 11.8. The van der Waals surface area contributed by atoms with Gasteiger partial charge >= 0.3 is 5.97 Å². The Morgan fingerprint density at radius 3 is 2.58 bits per heavy atom. The molecule has 5 nitrogen and oxygen atoms in total. The molecule has 0 saturated carbocycles. The van der Waals surface area contributed by atoms with Gasteiger partial charge in [-0.15, -0.1) is 0 Å². The van der Waals surface area contributed by atoms with Crippen molar-refractivity contribution in [3.63, 3.8) is 0 Å². The second-order valence-electron chi connectivity index (χ2n) is 4.89. The molecule has 1 amide bonds. The monoisotopic (exact) mass is 262 g/mol. The number of amides is 1. The first-order valence-corrected chi connectivity index (χ1v) is 6.28. The van der Waals surface area contributed by atoms with Gasteiger partial charge in [0.15, 0.2) is 0 Å². The third kappa shape index (κ3) is 2.76. The Bertz CT molecular complexity index is 475. The highest BCUT2D eigenvalue weighted by Gasteiger charge is 2.37. The summed E-state index contributed by atoms with van der Waals surface area (Å²) in [6.07, 6.45) is 0. The first kappa shape index (κ1) is 13.5. The van der Waals surface area contributed by atoms with Crippen LogP contribution >= 0.6 is 0 Å². The normalized spacial score (nSPS) is 22.3. The van der Waals surface area contributed by atoms with E-state index in [1.54, 1.807) is 11.9 Å². The van der Waals surface area contributed by atoms with Gasteiger partial charge < -0.3 is 10.0 Å². The summed E-state index contributed by atoms with van der Waals surface area (Å²) in [7, 11) is 1.64. The highest BCUT2D eigenvalue weighted by Crippen LogP contribution is 2.25. The first-order valence-electron chi connectivity index (χ1n) is 6.28. The van der Waals surface area contributed by atoms with Crippen LogP contribution in [0.5, 0.6) is 0 Å². The highest BCUT2D eigenvalue weighted by molar-refractivity contribution is 5.83. The Balaban J connectivity index is 2.25. The van der Waals surface area contributed by atoms with E-state index in [9.17, 15) is 14.7 Å². The Kier molecular flexibility index (Phi) is 3.85. The van der Waals surface area contributed by atoms with Gasteiger partial charge in [-0.3, -0.25) is 14.5 Å². The summed E-state index contributed by atoms with van der Waals surface area (Å²) in [5, 5.41) is 9.33. The van der Waals surface area contributed by atoms with Gasteiger partial charge in [0.2, 0.25) is 5.91 Å². The van der Waals surface area contributed by atoms with Crippen molar-refractivity contribution < 1.29 is 14.7 Å². The number of carboxylic acid groups (broad SMARTS) is 1. The van der Waals surface area contributed by atoms with Gasteiger partial charge in [-0.05, 0) is 12.5 Å². The number of carbonyl (C=O) groups excluding carboxylic acids is 1. The van der Waals surface area contributed by atoms with Gasteiger partial charge in [0.1, 0.15) is 6.04 Å². The lowest BCUT2D eigenvalue weighted by atomic mass is 10.0. The maximum absolute atomic E-state index is 11.8. The number of piperazine rings is 1. The molecule has 0 bridgehead atoms. The summed E-state index contributed by atoms with van der Waals surface area (Å²) in [5.74, 6) is -0.928. The average Bonchev–Trinajstić information content (AvgIpc) is 2.41. The smallest absolute Gasteiger partial charge is 0.322 e. The van der Waals surface area contributed by atoms with E-state index in [0.29, 0.717) is 0 Å². The molecule has 1 aromatic carbocycles. The molecule has 1 N–H and O–H groups in total. The van der Waals surface area contributed by atoms with E-state index in [4.69, 9.17) is 0 Å². The minimum atomic E-state index is -0.887. The number of aliphatic carboxylic acids is 1. The molecule has 0 aromatic heterocycles. The molecular weight excluding hydrogens is 244 g/mol. The van der Waals surface area contributed by atoms with E-state index in [0.717, 1.165) is 5.56 Å². The summed E-state index contributed by atoms with van der Waals surface area (Å²) in [5.41, 5.74) is 1.02. The van der Waals surface area contributed by atoms with E-state index in [1.165, 1.54) is 4.90 Å². The summed E-state index contributed by atoms with van der Waals surface area (Å²) < 4.78 is 0. The van der Waals surface area contributed by atoms with E-state index < -0.39 is 12.0 Å². The van der Waals surface area contributed by atoms with Crippen molar-refractivity contribution in [1.82, 2.24) is 9.80 Å². The molecule has 1 aromatic rings. The number of benzene rings is 1. The first-order chi connectivity index (χ1) is 9.00. The Hall–Kier alpha value is -1.88. The van der Waals surface area contributed by atoms with Crippen LogP contribution in [0.4, 0.5) is 0 Å². The fourth-order valence-corrected chi connectivity index (χ4v) is 2.40. The van der Waals surface area contributed by atoms with E-state index in [2.05, 4.69) is 0 Å². The topological polar surface area (TPSA) is 60.9 Å². The number of carboxylic acids is 1. The third-order valence-electron chi connectivity index (χ3n) is 3.66. The lowest BCUT2D eigenvalue weighted by molar-refractivity contribution is -0.152. The van der Waals surface area contributed by atoms with Crippen molar-refractivity contribution in [3.05, 3.63) is 35.9 Å². The van der Waals surface area contributed by atoms with Gasteiger partial charge in [0.05, 0.1) is 6.54 Å². The minimum absolute atomic E-state index is 0.0414. The van der Waals surface area contributed by atoms with Crippen LogP contribution in [-0.2, 0) is 9.59 Å². The quantitative estimate of drug-likeness (QED) is 0.882. The van der Waals surface area contributed by atoms with Crippen LogP contribution in [0.25, 0.3) is 0 Å². The van der Waals surface area contributed by atoms with Crippen LogP contribution in [0.15, 0.2) is 30.3 Å². The molecule has 102 valence electrons. The number of rotatable bonds is 3. The number of likely N-dealkylation sites (N-methyl/N-ethyl adjacent to an activating group) is 1. The summed E-state index contributed by atoms with van der Waals surface area (Å²) >= 11 is 0. The van der Waals surface area contributed by atoms with Gasteiger partial charge in [0, 0.05) is 19.6 Å². The molecule has 19 heavy (non-hydrogen) atoms. The maximum Gasteiger partial charge on any atom is 0.322 e. The Labute approximate surface area is 112 Å². The zero-order valence-electron chi connectivity index (χ0n) is 11.1. The van der Waals surface area contributed by atoms with Crippen LogP contribution in [0, 0.1) is 0 Å². The molecule has 0 aliphatic carbocycles. The third-order valence-corrected chi connectivity index (χ3v) is 3.66. The molecule has 0 spiro atoms. The SMILES string of the molecule is CC(c1ccccc1)N1CC(=O)N(C)CC1C(=O)O. The highest BCUT2D eigenvalue weighted by atomic mass is 16.4. The van der Waals surface area contributed by atoms with Gasteiger partial charge in [-0.2, -0.15) is 0 Å². The van der Waals surface area contributed by atoms with Crippen LogP contribution < -0.4 is 0 Å². The molecule has 1 aliphatic rings. The molecule has 2 rings (SSSR count). The van der Waals surface area contributed by atoms with Crippen molar-refractivity contribution in [2.24, 2.45) is 0 Å². The molecule has 2 atom stereocenters. The van der Waals surface area contributed by atoms with Crippen molar-refractivity contribution >= 4 is 11.9 Å².